The summed E-state index contributed by atoms with van der Waals surface area (Å²) in [6.07, 6.45) is 3.39. The summed E-state index contributed by atoms with van der Waals surface area (Å²) in [5.74, 6) is 0. The fourth-order valence-electron chi connectivity index (χ4n) is 2.96. The molecule has 6 heteroatoms. The minimum absolute atomic E-state index is 0.525. The average Bonchev–Trinajstić information content (AvgIpc) is 3.09. The van der Waals surface area contributed by atoms with Crippen LogP contribution in [-0.4, -0.2) is 13.2 Å². The van der Waals surface area contributed by atoms with E-state index in [-0.39, 0.29) is 0 Å². The SMILES string of the molecule is Cc1ccc(S(=O)n2cc(-c3cccc(C#N)c3)c3c(Cl)ccnc32)cc1. The van der Waals surface area contributed by atoms with Gasteiger partial charge in [-0.05, 0) is 42.8 Å². The van der Waals surface area contributed by atoms with Crippen molar-refractivity contribution in [2.75, 3.05) is 0 Å². The van der Waals surface area contributed by atoms with E-state index in [9.17, 15) is 9.47 Å². The van der Waals surface area contributed by atoms with Crippen LogP contribution in [0.25, 0.3) is 22.2 Å². The van der Waals surface area contributed by atoms with Crippen LogP contribution in [0.3, 0.4) is 0 Å². The first kappa shape index (κ1) is 17.5. The third kappa shape index (κ3) is 3.14. The van der Waals surface area contributed by atoms with Gasteiger partial charge in [0.15, 0.2) is 16.6 Å². The van der Waals surface area contributed by atoms with Gasteiger partial charge in [-0.15, -0.1) is 0 Å². The van der Waals surface area contributed by atoms with E-state index in [1.165, 1.54) is 0 Å². The van der Waals surface area contributed by atoms with Gasteiger partial charge in [-0.2, -0.15) is 5.26 Å². The van der Waals surface area contributed by atoms with Crippen molar-refractivity contribution in [3.63, 3.8) is 0 Å². The molecule has 2 heterocycles. The van der Waals surface area contributed by atoms with Crippen LogP contribution < -0.4 is 0 Å². The Bertz CT molecular complexity index is 1220. The van der Waals surface area contributed by atoms with Crippen LogP contribution in [0.4, 0.5) is 0 Å². The molecule has 1 unspecified atom stereocenters. The number of aromatic nitrogens is 2. The van der Waals surface area contributed by atoms with Gasteiger partial charge in [-0.25, -0.2) is 13.2 Å². The molecule has 0 amide bonds. The van der Waals surface area contributed by atoms with Crippen LogP contribution in [0.1, 0.15) is 11.1 Å². The monoisotopic (exact) mass is 391 g/mol. The van der Waals surface area contributed by atoms with E-state index in [4.69, 9.17) is 11.6 Å². The molecule has 2 aromatic carbocycles. The highest BCUT2D eigenvalue weighted by atomic mass is 35.5. The van der Waals surface area contributed by atoms with Crippen LogP contribution in [0.2, 0.25) is 5.02 Å². The number of hydrogen-bond donors (Lipinski definition) is 0. The summed E-state index contributed by atoms with van der Waals surface area (Å²) in [4.78, 5) is 5.09. The number of benzene rings is 2. The van der Waals surface area contributed by atoms with E-state index in [0.29, 0.717) is 21.1 Å². The van der Waals surface area contributed by atoms with Crippen molar-refractivity contribution in [3.8, 4) is 17.2 Å². The second-order valence-electron chi connectivity index (χ2n) is 6.11. The summed E-state index contributed by atoms with van der Waals surface area (Å²) in [7, 11) is -1.47. The topological polar surface area (TPSA) is 58.7 Å². The molecule has 4 aromatic rings. The van der Waals surface area contributed by atoms with E-state index >= 15 is 0 Å². The van der Waals surface area contributed by atoms with Crippen LogP contribution in [0, 0.1) is 18.3 Å². The maximum absolute atomic E-state index is 13.2. The number of nitrogens with zero attached hydrogens (tertiary/aromatic N) is 3. The van der Waals surface area contributed by atoms with Crippen LogP contribution >= 0.6 is 11.6 Å². The summed E-state index contributed by atoms with van der Waals surface area (Å²) >= 11 is 6.45. The Morgan fingerprint density at radius 3 is 2.67 bits per heavy atom. The predicted octanol–water partition coefficient (Wildman–Crippen LogP) is 5.11. The van der Waals surface area contributed by atoms with Gasteiger partial charge in [-0.3, -0.25) is 0 Å². The van der Waals surface area contributed by atoms with Gasteiger partial charge in [0, 0.05) is 23.3 Å². The van der Waals surface area contributed by atoms with Gasteiger partial charge in [0.05, 0.1) is 21.6 Å². The number of rotatable bonds is 3. The Kier molecular flexibility index (Phi) is 4.53. The van der Waals surface area contributed by atoms with E-state index in [0.717, 1.165) is 22.1 Å². The lowest BCUT2D eigenvalue weighted by Gasteiger charge is -2.05. The molecule has 4 nitrogen and oxygen atoms in total. The quantitative estimate of drug-likeness (QED) is 0.487. The lowest BCUT2D eigenvalue weighted by atomic mass is 10.0. The molecule has 0 bridgehead atoms. The highest BCUT2D eigenvalue weighted by Gasteiger charge is 2.18. The molecule has 0 spiro atoms. The third-order valence-corrected chi connectivity index (χ3v) is 5.93. The van der Waals surface area contributed by atoms with Crippen molar-refractivity contribution >= 4 is 33.6 Å². The number of pyridine rings is 1. The first-order valence-corrected chi connectivity index (χ1v) is 9.72. The Morgan fingerprint density at radius 2 is 1.93 bits per heavy atom. The molecule has 132 valence electrons. The zero-order valence-electron chi connectivity index (χ0n) is 14.4. The number of aryl methyl sites for hydroxylation is 1. The molecule has 0 aliphatic carbocycles. The average molecular weight is 392 g/mol. The predicted molar refractivity (Wildman–Crippen MR) is 108 cm³/mol. The largest absolute Gasteiger partial charge is 0.245 e. The lowest BCUT2D eigenvalue weighted by molar-refractivity contribution is 0.678. The van der Waals surface area contributed by atoms with Gasteiger partial charge in [-0.1, -0.05) is 41.4 Å². The Balaban J connectivity index is 1.95. The molecule has 0 radical (unpaired) electrons. The van der Waals surface area contributed by atoms with Crippen molar-refractivity contribution in [2.24, 2.45) is 0 Å². The smallest absolute Gasteiger partial charge is 0.158 e. The molecule has 1 atom stereocenters. The number of hydrogen-bond acceptors (Lipinski definition) is 3. The molecular formula is C21H14ClN3OS. The molecule has 27 heavy (non-hydrogen) atoms. The summed E-state index contributed by atoms with van der Waals surface area (Å²) in [6, 6.07) is 18.6. The highest BCUT2D eigenvalue weighted by Crippen LogP contribution is 2.35. The lowest BCUT2D eigenvalue weighted by Crippen LogP contribution is -2.04. The second-order valence-corrected chi connectivity index (χ2v) is 7.89. The normalized spacial score (nSPS) is 12.0. The molecule has 2 aromatic heterocycles. The third-order valence-electron chi connectivity index (χ3n) is 4.31. The Hall–Kier alpha value is -2.94. The molecule has 0 aliphatic heterocycles. The minimum atomic E-state index is -1.47. The zero-order chi connectivity index (χ0) is 19.0. The molecular weight excluding hydrogens is 378 g/mol. The fraction of sp³-hybridized carbons (Fsp3) is 0.0476. The minimum Gasteiger partial charge on any atom is -0.245 e. The van der Waals surface area contributed by atoms with Crippen LogP contribution in [0.15, 0.2) is 71.9 Å². The fourth-order valence-corrected chi connectivity index (χ4v) is 4.29. The van der Waals surface area contributed by atoms with Gasteiger partial charge in [0.1, 0.15) is 0 Å². The standard InChI is InChI=1S/C21H14ClN3OS/c1-14-5-7-17(8-6-14)27(26)25-13-18(16-4-2-3-15(11-16)12-23)20-19(22)9-10-24-21(20)25/h2-11,13H,1H3. The Labute approximate surface area is 164 Å². The first-order chi connectivity index (χ1) is 13.1. The van der Waals surface area contributed by atoms with E-state index in [1.54, 1.807) is 34.6 Å². The molecule has 0 fully saturated rings. The molecule has 0 saturated carbocycles. The molecule has 0 N–H and O–H groups in total. The van der Waals surface area contributed by atoms with Gasteiger partial charge < -0.3 is 0 Å². The van der Waals surface area contributed by atoms with E-state index < -0.39 is 11.0 Å². The van der Waals surface area contributed by atoms with Gasteiger partial charge >= 0.3 is 0 Å². The summed E-state index contributed by atoms with van der Waals surface area (Å²) in [5, 5.41) is 10.4. The maximum Gasteiger partial charge on any atom is 0.158 e. The van der Waals surface area contributed by atoms with Gasteiger partial charge in [0.25, 0.3) is 0 Å². The second kappa shape index (κ2) is 6.99. The maximum atomic E-state index is 13.2. The van der Waals surface area contributed by atoms with Crippen LogP contribution in [0.5, 0.6) is 0 Å². The number of nitriles is 1. The summed E-state index contributed by atoms with van der Waals surface area (Å²) in [6.45, 7) is 1.99. The number of fused-ring (bicyclic) bond motifs is 1. The van der Waals surface area contributed by atoms with Crippen LogP contribution in [-0.2, 0) is 11.0 Å². The summed E-state index contributed by atoms with van der Waals surface area (Å²) in [5.41, 5.74) is 3.81. The number of halogens is 1. The van der Waals surface area contributed by atoms with Crippen molar-refractivity contribution in [1.82, 2.24) is 8.96 Å². The highest BCUT2D eigenvalue weighted by molar-refractivity contribution is 7.83. The van der Waals surface area contributed by atoms with Crippen molar-refractivity contribution in [3.05, 3.63) is 83.1 Å². The first-order valence-electron chi connectivity index (χ1n) is 8.23. The summed E-state index contributed by atoms with van der Waals surface area (Å²) < 4.78 is 14.8. The molecule has 4 rings (SSSR count). The van der Waals surface area contributed by atoms with Crippen molar-refractivity contribution in [2.45, 2.75) is 11.8 Å². The van der Waals surface area contributed by atoms with E-state index in [1.807, 2.05) is 43.3 Å². The molecule has 0 aliphatic rings. The molecule has 0 saturated heterocycles. The zero-order valence-corrected chi connectivity index (χ0v) is 16.0. The van der Waals surface area contributed by atoms with Crippen molar-refractivity contribution in [1.29, 1.82) is 5.26 Å². The van der Waals surface area contributed by atoms with E-state index in [2.05, 4.69) is 11.1 Å². The van der Waals surface area contributed by atoms with Gasteiger partial charge in [0.2, 0.25) is 0 Å². The Morgan fingerprint density at radius 1 is 1.15 bits per heavy atom. The van der Waals surface area contributed by atoms with Crippen molar-refractivity contribution < 1.29 is 4.21 Å².